The SMILES string of the molecule is CCc1ccc(-c2ccccc2CN2CCCC2CN(C)C)s1. The number of likely N-dealkylation sites (tertiary alicyclic amines) is 1. The number of likely N-dealkylation sites (N-methyl/N-ethyl adjacent to an activating group) is 1. The highest BCUT2D eigenvalue weighted by atomic mass is 32.1. The second-order valence-corrected chi connectivity index (χ2v) is 7.97. The molecule has 3 heteroatoms. The van der Waals surface area contributed by atoms with E-state index in [1.54, 1.807) is 0 Å². The Bertz CT molecular complexity index is 632. The van der Waals surface area contributed by atoms with Crippen LogP contribution in [0.15, 0.2) is 36.4 Å². The number of benzene rings is 1. The summed E-state index contributed by atoms with van der Waals surface area (Å²) in [6, 6.07) is 14.2. The van der Waals surface area contributed by atoms with Crippen LogP contribution in [0.5, 0.6) is 0 Å². The van der Waals surface area contributed by atoms with E-state index in [1.807, 2.05) is 11.3 Å². The highest BCUT2D eigenvalue weighted by Crippen LogP contribution is 2.32. The van der Waals surface area contributed by atoms with Crippen molar-refractivity contribution in [2.75, 3.05) is 27.2 Å². The molecule has 1 aliphatic heterocycles. The fraction of sp³-hybridized carbons (Fsp3) is 0.500. The van der Waals surface area contributed by atoms with E-state index in [2.05, 4.69) is 67.2 Å². The Balaban J connectivity index is 1.80. The van der Waals surface area contributed by atoms with E-state index in [4.69, 9.17) is 0 Å². The molecule has 1 atom stereocenters. The Morgan fingerprint density at radius 1 is 1.17 bits per heavy atom. The molecule has 2 heterocycles. The van der Waals surface area contributed by atoms with Gasteiger partial charge in [-0.15, -0.1) is 11.3 Å². The fourth-order valence-electron chi connectivity index (χ4n) is 3.56. The van der Waals surface area contributed by atoms with Gasteiger partial charge in [-0.05, 0) is 63.2 Å². The quantitative estimate of drug-likeness (QED) is 0.770. The summed E-state index contributed by atoms with van der Waals surface area (Å²) in [6.07, 6.45) is 3.79. The molecule has 1 fully saturated rings. The maximum atomic E-state index is 2.67. The number of nitrogens with zero attached hydrogens (tertiary/aromatic N) is 2. The monoisotopic (exact) mass is 328 g/mol. The Hall–Kier alpha value is -1.16. The molecule has 124 valence electrons. The van der Waals surface area contributed by atoms with Crippen LogP contribution in [0, 0.1) is 0 Å². The van der Waals surface area contributed by atoms with Gasteiger partial charge in [-0.3, -0.25) is 4.90 Å². The second kappa shape index (κ2) is 7.61. The van der Waals surface area contributed by atoms with E-state index in [0.29, 0.717) is 6.04 Å². The molecule has 23 heavy (non-hydrogen) atoms. The zero-order chi connectivity index (χ0) is 16.2. The zero-order valence-electron chi connectivity index (χ0n) is 14.6. The van der Waals surface area contributed by atoms with E-state index in [1.165, 1.54) is 46.8 Å². The third-order valence-electron chi connectivity index (χ3n) is 4.74. The van der Waals surface area contributed by atoms with Crippen molar-refractivity contribution in [2.24, 2.45) is 0 Å². The first-order valence-corrected chi connectivity index (χ1v) is 9.54. The smallest absolute Gasteiger partial charge is 0.0348 e. The van der Waals surface area contributed by atoms with Crippen molar-refractivity contribution in [3.8, 4) is 10.4 Å². The first-order valence-electron chi connectivity index (χ1n) is 8.73. The van der Waals surface area contributed by atoms with Gasteiger partial charge in [-0.25, -0.2) is 0 Å². The lowest BCUT2D eigenvalue weighted by Crippen LogP contribution is -2.37. The van der Waals surface area contributed by atoms with E-state index in [0.717, 1.165) is 13.0 Å². The average Bonchev–Trinajstić information content (AvgIpc) is 3.17. The summed E-state index contributed by atoms with van der Waals surface area (Å²) < 4.78 is 0. The summed E-state index contributed by atoms with van der Waals surface area (Å²) in [5.74, 6) is 0. The lowest BCUT2D eigenvalue weighted by atomic mass is 10.0. The summed E-state index contributed by atoms with van der Waals surface area (Å²) >= 11 is 1.94. The minimum atomic E-state index is 0.701. The van der Waals surface area contributed by atoms with Crippen molar-refractivity contribution in [1.82, 2.24) is 9.80 Å². The molecule has 1 unspecified atom stereocenters. The number of hydrogen-bond acceptors (Lipinski definition) is 3. The number of rotatable bonds is 6. The fourth-order valence-corrected chi connectivity index (χ4v) is 4.57. The second-order valence-electron chi connectivity index (χ2n) is 6.81. The van der Waals surface area contributed by atoms with Crippen LogP contribution in [-0.2, 0) is 13.0 Å². The van der Waals surface area contributed by atoms with E-state index < -0.39 is 0 Å². The van der Waals surface area contributed by atoms with Crippen LogP contribution in [0.2, 0.25) is 0 Å². The summed E-state index contributed by atoms with van der Waals surface area (Å²) in [5, 5.41) is 0. The lowest BCUT2D eigenvalue weighted by Gasteiger charge is -2.27. The molecule has 0 N–H and O–H groups in total. The molecule has 2 nitrogen and oxygen atoms in total. The minimum absolute atomic E-state index is 0.701. The van der Waals surface area contributed by atoms with Crippen molar-refractivity contribution >= 4 is 11.3 Å². The lowest BCUT2D eigenvalue weighted by molar-refractivity contribution is 0.201. The third-order valence-corrected chi connectivity index (χ3v) is 6.00. The molecule has 3 rings (SSSR count). The van der Waals surface area contributed by atoms with Gasteiger partial charge in [0.05, 0.1) is 0 Å². The molecule has 1 saturated heterocycles. The summed E-state index contributed by atoms with van der Waals surface area (Å²) in [4.78, 5) is 7.89. The molecule has 0 saturated carbocycles. The van der Waals surface area contributed by atoms with Crippen LogP contribution in [-0.4, -0.2) is 43.0 Å². The van der Waals surface area contributed by atoms with Crippen molar-refractivity contribution in [3.63, 3.8) is 0 Å². The van der Waals surface area contributed by atoms with Gasteiger partial charge in [0.25, 0.3) is 0 Å². The molecule has 2 aromatic rings. The Morgan fingerprint density at radius 2 is 2.00 bits per heavy atom. The molecule has 1 aromatic heterocycles. The van der Waals surface area contributed by atoms with Crippen molar-refractivity contribution in [3.05, 3.63) is 46.8 Å². The average molecular weight is 329 g/mol. The molecule has 0 spiro atoms. The number of hydrogen-bond donors (Lipinski definition) is 0. The first kappa shape index (κ1) is 16.7. The summed E-state index contributed by atoms with van der Waals surface area (Å²) in [6.45, 7) is 5.71. The van der Waals surface area contributed by atoms with Gasteiger partial charge < -0.3 is 4.90 Å². The highest BCUT2D eigenvalue weighted by Gasteiger charge is 2.25. The summed E-state index contributed by atoms with van der Waals surface area (Å²) in [7, 11) is 4.37. The third kappa shape index (κ3) is 4.03. The van der Waals surface area contributed by atoms with E-state index in [9.17, 15) is 0 Å². The van der Waals surface area contributed by atoms with Gasteiger partial charge in [-0.2, -0.15) is 0 Å². The molecular formula is C20H28N2S. The Kier molecular flexibility index (Phi) is 5.52. The zero-order valence-corrected chi connectivity index (χ0v) is 15.4. The predicted octanol–water partition coefficient (Wildman–Crippen LogP) is 4.50. The van der Waals surface area contributed by atoms with Gasteiger partial charge in [0.2, 0.25) is 0 Å². The van der Waals surface area contributed by atoms with Gasteiger partial charge in [-0.1, -0.05) is 31.2 Å². The molecule has 0 bridgehead atoms. The van der Waals surface area contributed by atoms with Crippen LogP contribution in [0.25, 0.3) is 10.4 Å². The van der Waals surface area contributed by atoms with E-state index in [-0.39, 0.29) is 0 Å². The maximum Gasteiger partial charge on any atom is 0.0348 e. The Labute approximate surface area is 144 Å². The van der Waals surface area contributed by atoms with Gasteiger partial charge in [0.1, 0.15) is 0 Å². The molecule has 0 aliphatic carbocycles. The van der Waals surface area contributed by atoms with Gasteiger partial charge in [0.15, 0.2) is 0 Å². The van der Waals surface area contributed by atoms with Crippen molar-refractivity contribution in [1.29, 1.82) is 0 Å². The highest BCUT2D eigenvalue weighted by molar-refractivity contribution is 7.15. The topological polar surface area (TPSA) is 6.48 Å². The molecule has 0 amide bonds. The predicted molar refractivity (Wildman–Crippen MR) is 101 cm³/mol. The molecule has 1 aliphatic rings. The summed E-state index contributed by atoms with van der Waals surface area (Å²) in [5.41, 5.74) is 2.90. The largest absolute Gasteiger partial charge is 0.308 e. The van der Waals surface area contributed by atoms with Gasteiger partial charge in [0, 0.05) is 28.9 Å². The van der Waals surface area contributed by atoms with Crippen molar-refractivity contribution < 1.29 is 0 Å². The van der Waals surface area contributed by atoms with Crippen LogP contribution in [0.4, 0.5) is 0 Å². The molecular weight excluding hydrogens is 300 g/mol. The standard InChI is InChI=1S/C20H28N2S/c1-4-18-11-12-20(23-18)19-10-6-5-8-16(19)14-22-13-7-9-17(22)15-21(2)3/h5-6,8,10-12,17H,4,7,9,13-15H2,1-3H3. The normalized spacial score (nSPS) is 18.9. The maximum absolute atomic E-state index is 2.67. The van der Waals surface area contributed by atoms with E-state index >= 15 is 0 Å². The van der Waals surface area contributed by atoms with Gasteiger partial charge >= 0.3 is 0 Å². The minimum Gasteiger partial charge on any atom is -0.308 e. The first-order chi connectivity index (χ1) is 11.2. The van der Waals surface area contributed by atoms with Crippen LogP contribution in [0.3, 0.4) is 0 Å². The molecule has 1 aromatic carbocycles. The van der Waals surface area contributed by atoms with Crippen molar-refractivity contribution in [2.45, 2.75) is 38.8 Å². The van der Waals surface area contributed by atoms with Crippen LogP contribution >= 0.6 is 11.3 Å². The Morgan fingerprint density at radius 3 is 2.74 bits per heavy atom. The number of thiophene rings is 1. The van der Waals surface area contributed by atoms with Crippen LogP contribution in [0.1, 0.15) is 30.2 Å². The van der Waals surface area contributed by atoms with Crippen LogP contribution < -0.4 is 0 Å². The number of aryl methyl sites for hydroxylation is 1. The molecule has 0 radical (unpaired) electrons.